The average molecular weight is 247 g/mol. The summed E-state index contributed by atoms with van der Waals surface area (Å²) in [5.74, 6) is 0.722. The Morgan fingerprint density at radius 1 is 1.62 bits per heavy atom. The largest absolute Gasteiger partial charge is 0.319 e. The van der Waals surface area contributed by atoms with Crippen LogP contribution in [0.15, 0.2) is 12.3 Å². The Labute approximate surface area is 102 Å². The highest BCUT2D eigenvalue weighted by molar-refractivity contribution is 5.91. The van der Waals surface area contributed by atoms with Gasteiger partial charge in [-0.25, -0.2) is 4.68 Å². The van der Waals surface area contributed by atoms with Crippen LogP contribution >= 0.6 is 12.4 Å². The Hall–Kier alpha value is -1.07. The third-order valence-electron chi connectivity index (χ3n) is 2.23. The normalized spacial score (nSPS) is 11.7. The molecule has 6 heteroatoms. The first-order valence-corrected chi connectivity index (χ1v) is 5.16. The lowest BCUT2D eigenvalue weighted by Gasteiger charge is -2.12. The number of carbonyl (C=O) groups is 1. The molecule has 1 rings (SSSR count). The molecule has 16 heavy (non-hydrogen) atoms. The third kappa shape index (κ3) is 3.83. The number of halogens is 1. The van der Waals surface area contributed by atoms with E-state index in [4.69, 9.17) is 0 Å². The van der Waals surface area contributed by atoms with Gasteiger partial charge in [-0.15, -0.1) is 12.4 Å². The minimum Gasteiger partial charge on any atom is -0.319 e. The molecule has 1 amide bonds. The molecule has 92 valence electrons. The van der Waals surface area contributed by atoms with Crippen LogP contribution in [0, 0.1) is 5.92 Å². The van der Waals surface area contributed by atoms with Gasteiger partial charge in [-0.3, -0.25) is 4.79 Å². The van der Waals surface area contributed by atoms with E-state index in [0.29, 0.717) is 6.54 Å². The Bertz CT molecular complexity index is 326. The lowest BCUT2D eigenvalue weighted by Crippen LogP contribution is -2.29. The molecule has 0 aliphatic rings. The molecule has 0 spiro atoms. The van der Waals surface area contributed by atoms with Crippen LogP contribution in [0.4, 0.5) is 5.82 Å². The van der Waals surface area contributed by atoms with E-state index in [1.807, 2.05) is 20.9 Å². The smallest absolute Gasteiger partial charge is 0.229 e. The van der Waals surface area contributed by atoms with Gasteiger partial charge in [0.15, 0.2) is 0 Å². The molecule has 1 aromatic heterocycles. The second kappa shape index (κ2) is 7.24. The highest BCUT2D eigenvalue weighted by Crippen LogP contribution is 2.07. The fourth-order valence-electron chi connectivity index (χ4n) is 1.34. The number of aromatic nitrogens is 2. The zero-order valence-corrected chi connectivity index (χ0v) is 10.7. The maximum absolute atomic E-state index is 11.7. The van der Waals surface area contributed by atoms with Crippen molar-refractivity contribution < 1.29 is 4.79 Å². The molecule has 1 aromatic rings. The van der Waals surface area contributed by atoms with Crippen molar-refractivity contribution in [3.8, 4) is 0 Å². The number of nitrogens with zero attached hydrogens (tertiary/aromatic N) is 2. The van der Waals surface area contributed by atoms with E-state index < -0.39 is 0 Å². The summed E-state index contributed by atoms with van der Waals surface area (Å²) in [4.78, 5) is 11.7. The average Bonchev–Trinajstić information content (AvgIpc) is 2.65. The summed E-state index contributed by atoms with van der Waals surface area (Å²) >= 11 is 0. The van der Waals surface area contributed by atoms with Crippen LogP contribution in [0.2, 0.25) is 0 Å². The van der Waals surface area contributed by atoms with Gasteiger partial charge < -0.3 is 10.6 Å². The van der Waals surface area contributed by atoms with Gasteiger partial charge in [-0.2, -0.15) is 5.10 Å². The fourth-order valence-corrected chi connectivity index (χ4v) is 1.34. The van der Waals surface area contributed by atoms with Gasteiger partial charge in [-0.05, 0) is 14.0 Å². The molecule has 5 nitrogen and oxygen atoms in total. The maximum Gasteiger partial charge on any atom is 0.229 e. The topological polar surface area (TPSA) is 59.0 Å². The second-order valence-electron chi connectivity index (χ2n) is 3.48. The van der Waals surface area contributed by atoms with Gasteiger partial charge >= 0.3 is 0 Å². The van der Waals surface area contributed by atoms with Crippen molar-refractivity contribution in [2.24, 2.45) is 5.92 Å². The Morgan fingerprint density at radius 2 is 2.31 bits per heavy atom. The molecule has 0 aromatic carbocycles. The summed E-state index contributed by atoms with van der Waals surface area (Å²) < 4.78 is 1.75. The fraction of sp³-hybridized carbons (Fsp3) is 0.600. The Balaban J connectivity index is 0.00000225. The van der Waals surface area contributed by atoms with Crippen LogP contribution in [0.25, 0.3) is 0 Å². The molecule has 0 aliphatic heterocycles. The Morgan fingerprint density at radius 3 is 2.88 bits per heavy atom. The minimum atomic E-state index is -0.0461. The zero-order valence-electron chi connectivity index (χ0n) is 9.86. The zero-order chi connectivity index (χ0) is 11.3. The van der Waals surface area contributed by atoms with E-state index in [1.54, 1.807) is 16.9 Å². The summed E-state index contributed by atoms with van der Waals surface area (Å²) in [5.41, 5.74) is 0. The molecule has 1 atom stereocenters. The van der Waals surface area contributed by atoms with E-state index in [9.17, 15) is 4.79 Å². The van der Waals surface area contributed by atoms with Crippen LogP contribution in [0.5, 0.6) is 0 Å². The monoisotopic (exact) mass is 246 g/mol. The SMILES string of the molecule is CCn1nccc1NC(=O)C(C)CNC.Cl. The first kappa shape index (κ1) is 14.9. The molecule has 0 fully saturated rings. The second-order valence-corrected chi connectivity index (χ2v) is 3.48. The molecule has 1 heterocycles. The van der Waals surface area contributed by atoms with Crippen molar-refractivity contribution >= 4 is 24.1 Å². The first-order chi connectivity index (χ1) is 7.19. The van der Waals surface area contributed by atoms with Crippen LogP contribution in [0.1, 0.15) is 13.8 Å². The number of hydrogen-bond acceptors (Lipinski definition) is 3. The van der Waals surface area contributed by atoms with Crippen molar-refractivity contribution in [2.75, 3.05) is 18.9 Å². The van der Waals surface area contributed by atoms with Crippen molar-refractivity contribution in [1.29, 1.82) is 0 Å². The number of nitrogens with one attached hydrogen (secondary N) is 2. The number of hydrogen-bond donors (Lipinski definition) is 2. The van der Waals surface area contributed by atoms with Crippen LogP contribution < -0.4 is 10.6 Å². The lowest BCUT2D eigenvalue weighted by atomic mass is 10.1. The quantitative estimate of drug-likeness (QED) is 0.819. The molecular weight excluding hydrogens is 228 g/mol. The molecule has 0 aliphatic carbocycles. The number of aryl methyl sites for hydroxylation is 1. The van der Waals surface area contributed by atoms with Crippen LogP contribution in [-0.4, -0.2) is 29.3 Å². The standard InChI is InChI=1S/C10H18N4O.ClH/c1-4-14-9(5-6-12-14)13-10(15)8(2)7-11-3;/h5-6,8,11H,4,7H2,1-3H3,(H,13,15);1H. The van der Waals surface area contributed by atoms with Gasteiger partial charge in [0.1, 0.15) is 5.82 Å². The summed E-state index contributed by atoms with van der Waals surface area (Å²) in [6.45, 7) is 5.30. The Kier molecular flexibility index (Phi) is 6.76. The number of carbonyl (C=O) groups excluding carboxylic acids is 1. The third-order valence-corrected chi connectivity index (χ3v) is 2.23. The molecular formula is C10H19ClN4O. The van der Waals surface area contributed by atoms with Gasteiger partial charge in [0.2, 0.25) is 5.91 Å². The van der Waals surface area contributed by atoms with Gasteiger partial charge in [0.25, 0.3) is 0 Å². The number of amides is 1. The van der Waals surface area contributed by atoms with Crippen molar-refractivity contribution in [1.82, 2.24) is 15.1 Å². The highest BCUT2D eigenvalue weighted by Gasteiger charge is 2.13. The molecule has 0 saturated carbocycles. The van der Waals surface area contributed by atoms with Gasteiger partial charge in [0, 0.05) is 25.1 Å². The highest BCUT2D eigenvalue weighted by atomic mass is 35.5. The summed E-state index contributed by atoms with van der Waals surface area (Å²) in [7, 11) is 1.83. The summed E-state index contributed by atoms with van der Waals surface area (Å²) in [6, 6.07) is 1.80. The maximum atomic E-state index is 11.7. The molecule has 0 radical (unpaired) electrons. The van der Waals surface area contributed by atoms with Crippen LogP contribution in [0.3, 0.4) is 0 Å². The first-order valence-electron chi connectivity index (χ1n) is 5.16. The van der Waals surface area contributed by atoms with E-state index >= 15 is 0 Å². The summed E-state index contributed by atoms with van der Waals surface area (Å²) in [5, 5.41) is 9.90. The molecule has 0 bridgehead atoms. The minimum absolute atomic E-state index is 0. The lowest BCUT2D eigenvalue weighted by molar-refractivity contribution is -0.119. The van der Waals surface area contributed by atoms with Crippen molar-refractivity contribution in [2.45, 2.75) is 20.4 Å². The molecule has 2 N–H and O–H groups in total. The van der Waals surface area contributed by atoms with E-state index in [1.165, 1.54) is 0 Å². The predicted molar refractivity (Wildman–Crippen MR) is 66.9 cm³/mol. The predicted octanol–water partition coefficient (Wildman–Crippen LogP) is 1.12. The number of anilines is 1. The molecule has 0 saturated heterocycles. The van der Waals surface area contributed by atoms with E-state index in [0.717, 1.165) is 12.4 Å². The number of rotatable bonds is 5. The van der Waals surface area contributed by atoms with Gasteiger partial charge in [0.05, 0.1) is 6.20 Å². The van der Waals surface area contributed by atoms with E-state index in [2.05, 4.69) is 15.7 Å². The van der Waals surface area contributed by atoms with Gasteiger partial charge in [-0.1, -0.05) is 6.92 Å². The molecule has 1 unspecified atom stereocenters. The van der Waals surface area contributed by atoms with Crippen LogP contribution in [-0.2, 0) is 11.3 Å². The summed E-state index contributed by atoms with van der Waals surface area (Å²) in [6.07, 6.45) is 1.68. The van der Waals surface area contributed by atoms with Crippen molar-refractivity contribution in [3.05, 3.63) is 12.3 Å². The van der Waals surface area contributed by atoms with E-state index in [-0.39, 0.29) is 24.2 Å². The van der Waals surface area contributed by atoms with Crippen molar-refractivity contribution in [3.63, 3.8) is 0 Å².